The summed E-state index contributed by atoms with van der Waals surface area (Å²) in [5.41, 5.74) is 1.88. The molecular formula is C13H15NO3. The van der Waals surface area contributed by atoms with E-state index in [1.165, 1.54) is 0 Å². The third-order valence-corrected chi connectivity index (χ3v) is 3.53. The molecule has 2 atom stereocenters. The van der Waals surface area contributed by atoms with E-state index in [1.54, 1.807) is 0 Å². The molecule has 0 amide bonds. The summed E-state index contributed by atoms with van der Waals surface area (Å²) in [7, 11) is 0. The van der Waals surface area contributed by atoms with Crippen LogP contribution in [0, 0.1) is 0 Å². The van der Waals surface area contributed by atoms with Crippen LogP contribution in [-0.2, 0) is 9.53 Å². The van der Waals surface area contributed by atoms with E-state index < -0.39 is 6.10 Å². The van der Waals surface area contributed by atoms with Gasteiger partial charge in [-0.15, -0.1) is 0 Å². The second-order valence-corrected chi connectivity index (χ2v) is 4.53. The summed E-state index contributed by atoms with van der Waals surface area (Å²) < 4.78 is 5.02. The van der Waals surface area contributed by atoms with Crippen LogP contribution in [0.3, 0.4) is 0 Å². The Kier molecular flexibility index (Phi) is 2.52. The lowest BCUT2D eigenvalue weighted by Gasteiger charge is -2.36. The van der Waals surface area contributed by atoms with Gasteiger partial charge in [0.15, 0.2) is 0 Å². The topological polar surface area (TPSA) is 49.8 Å². The van der Waals surface area contributed by atoms with Gasteiger partial charge in [-0.1, -0.05) is 18.2 Å². The number of carbonyl (C=O) groups excluding carboxylic acids is 1. The second-order valence-electron chi connectivity index (χ2n) is 4.53. The Morgan fingerprint density at radius 3 is 2.88 bits per heavy atom. The number of para-hydroxylation sites is 1. The van der Waals surface area contributed by atoms with Crippen LogP contribution >= 0.6 is 0 Å². The molecule has 1 aromatic rings. The summed E-state index contributed by atoms with van der Waals surface area (Å²) in [6.07, 6.45) is 0.990. The first kappa shape index (κ1) is 10.6. The highest BCUT2D eigenvalue weighted by Gasteiger charge is 2.36. The summed E-state index contributed by atoms with van der Waals surface area (Å²) in [5.74, 6) is -0.142. The van der Waals surface area contributed by atoms with Gasteiger partial charge in [0, 0.05) is 24.2 Å². The maximum atomic E-state index is 11.6. The molecule has 2 aliphatic heterocycles. The van der Waals surface area contributed by atoms with Crippen molar-refractivity contribution < 1.29 is 14.6 Å². The monoisotopic (exact) mass is 233 g/mol. The molecule has 1 aromatic carbocycles. The minimum atomic E-state index is -0.417. The standard InChI is InChI=1S/C13H15NO3/c15-12-5-7-14(11-6-8-17-13(11)16)10-4-2-1-3-9(10)12/h1-4,11-12,15H,5-8H2. The number of carbonyl (C=O) groups is 1. The van der Waals surface area contributed by atoms with Crippen LogP contribution in [0.4, 0.5) is 5.69 Å². The molecule has 0 spiro atoms. The number of fused-ring (bicyclic) bond motifs is 1. The molecule has 2 heterocycles. The lowest BCUT2D eigenvalue weighted by atomic mass is 9.97. The Bertz CT molecular complexity index is 446. The maximum Gasteiger partial charge on any atom is 0.328 e. The molecule has 1 fully saturated rings. The van der Waals surface area contributed by atoms with Crippen molar-refractivity contribution in [1.82, 2.24) is 0 Å². The van der Waals surface area contributed by atoms with Gasteiger partial charge in [0.05, 0.1) is 12.7 Å². The Morgan fingerprint density at radius 2 is 2.12 bits per heavy atom. The van der Waals surface area contributed by atoms with Crippen molar-refractivity contribution in [3.05, 3.63) is 29.8 Å². The number of nitrogens with zero attached hydrogens (tertiary/aromatic N) is 1. The third-order valence-electron chi connectivity index (χ3n) is 3.53. The molecule has 0 saturated carbocycles. The van der Waals surface area contributed by atoms with Crippen LogP contribution in [0.5, 0.6) is 0 Å². The zero-order chi connectivity index (χ0) is 11.8. The molecule has 4 nitrogen and oxygen atoms in total. The van der Waals surface area contributed by atoms with E-state index in [1.807, 2.05) is 24.3 Å². The predicted molar refractivity (Wildman–Crippen MR) is 62.7 cm³/mol. The first-order valence-corrected chi connectivity index (χ1v) is 5.97. The van der Waals surface area contributed by atoms with Gasteiger partial charge in [0.25, 0.3) is 0 Å². The fourth-order valence-corrected chi connectivity index (χ4v) is 2.66. The first-order chi connectivity index (χ1) is 8.27. The SMILES string of the molecule is O=C1OCCC1N1CCC(O)c2ccccc21. The summed E-state index contributed by atoms with van der Waals surface area (Å²) in [6.45, 7) is 1.21. The first-order valence-electron chi connectivity index (χ1n) is 5.97. The Morgan fingerprint density at radius 1 is 1.29 bits per heavy atom. The van der Waals surface area contributed by atoms with E-state index in [2.05, 4.69) is 4.90 Å². The molecule has 0 radical (unpaired) electrons. The molecule has 1 N–H and O–H groups in total. The number of cyclic esters (lactones) is 1. The number of esters is 1. The van der Waals surface area contributed by atoms with Crippen molar-refractivity contribution in [2.24, 2.45) is 0 Å². The van der Waals surface area contributed by atoms with Crippen LogP contribution in [0.2, 0.25) is 0 Å². The van der Waals surface area contributed by atoms with Gasteiger partial charge >= 0.3 is 5.97 Å². The molecule has 0 bridgehead atoms. The van der Waals surface area contributed by atoms with Crippen molar-refractivity contribution in [2.75, 3.05) is 18.1 Å². The Balaban J connectivity index is 1.97. The fraction of sp³-hybridized carbons (Fsp3) is 0.462. The van der Waals surface area contributed by atoms with Gasteiger partial charge in [-0.2, -0.15) is 0 Å². The summed E-state index contributed by atoms with van der Waals surface area (Å²) in [5, 5.41) is 9.94. The molecule has 2 aliphatic rings. The predicted octanol–water partition coefficient (Wildman–Crippen LogP) is 1.25. The van der Waals surface area contributed by atoms with E-state index >= 15 is 0 Å². The lowest BCUT2D eigenvalue weighted by molar-refractivity contribution is -0.139. The normalized spacial score (nSPS) is 27.8. The highest BCUT2D eigenvalue weighted by atomic mass is 16.5. The summed E-state index contributed by atoms with van der Waals surface area (Å²) in [4.78, 5) is 13.7. The fourth-order valence-electron chi connectivity index (χ4n) is 2.66. The number of aliphatic hydroxyl groups excluding tert-OH is 1. The molecule has 2 unspecified atom stereocenters. The van der Waals surface area contributed by atoms with Crippen molar-refractivity contribution in [3.63, 3.8) is 0 Å². The Hall–Kier alpha value is -1.55. The molecule has 0 aliphatic carbocycles. The van der Waals surface area contributed by atoms with E-state index in [0.717, 1.165) is 17.7 Å². The summed E-state index contributed by atoms with van der Waals surface area (Å²) in [6, 6.07) is 7.56. The van der Waals surface area contributed by atoms with Crippen LogP contribution in [-0.4, -0.2) is 30.3 Å². The smallest absolute Gasteiger partial charge is 0.328 e. The van der Waals surface area contributed by atoms with E-state index in [4.69, 9.17) is 4.74 Å². The number of anilines is 1. The number of benzene rings is 1. The Labute approximate surface area is 99.8 Å². The van der Waals surface area contributed by atoms with Crippen molar-refractivity contribution in [3.8, 4) is 0 Å². The minimum absolute atomic E-state index is 0.142. The van der Waals surface area contributed by atoms with Gasteiger partial charge in [0.2, 0.25) is 0 Å². The number of ether oxygens (including phenoxy) is 1. The van der Waals surface area contributed by atoms with Crippen molar-refractivity contribution in [2.45, 2.75) is 25.0 Å². The number of hydrogen-bond donors (Lipinski definition) is 1. The summed E-state index contributed by atoms with van der Waals surface area (Å²) >= 11 is 0. The van der Waals surface area contributed by atoms with Crippen LogP contribution < -0.4 is 4.90 Å². The van der Waals surface area contributed by atoms with Crippen LogP contribution in [0.15, 0.2) is 24.3 Å². The van der Waals surface area contributed by atoms with Gasteiger partial charge < -0.3 is 14.7 Å². The van der Waals surface area contributed by atoms with Crippen molar-refractivity contribution >= 4 is 11.7 Å². The molecule has 4 heteroatoms. The largest absolute Gasteiger partial charge is 0.464 e. The molecule has 90 valence electrons. The average Bonchev–Trinajstić information content (AvgIpc) is 2.77. The number of rotatable bonds is 1. The maximum absolute atomic E-state index is 11.6. The highest BCUT2D eigenvalue weighted by Crippen LogP contribution is 2.36. The molecular weight excluding hydrogens is 218 g/mol. The van der Waals surface area contributed by atoms with Crippen LogP contribution in [0.1, 0.15) is 24.5 Å². The van der Waals surface area contributed by atoms with E-state index in [9.17, 15) is 9.90 Å². The second kappa shape index (κ2) is 4.04. The van der Waals surface area contributed by atoms with E-state index in [-0.39, 0.29) is 12.0 Å². The quantitative estimate of drug-likeness (QED) is 0.742. The number of hydrogen-bond acceptors (Lipinski definition) is 4. The lowest BCUT2D eigenvalue weighted by Crippen LogP contribution is -2.42. The van der Waals surface area contributed by atoms with Crippen LogP contribution in [0.25, 0.3) is 0 Å². The third kappa shape index (κ3) is 1.69. The average molecular weight is 233 g/mol. The van der Waals surface area contributed by atoms with Crippen molar-refractivity contribution in [1.29, 1.82) is 0 Å². The highest BCUT2D eigenvalue weighted by molar-refractivity contribution is 5.82. The van der Waals surface area contributed by atoms with Gasteiger partial charge in [-0.25, -0.2) is 4.79 Å². The molecule has 0 aromatic heterocycles. The zero-order valence-corrected chi connectivity index (χ0v) is 9.50. The molecule has 1 saturated heterocycles. The minimum Gasteiger partial charge on any atom is -0.464 e. The number of aliphatic hydroxyl groups is 1. The zero-order valence-electron chi connectivity index (χ0n) is 9.50. The van der Waals surface area contributed by atoms with Gasteiger partial charge in [-0.05, 0) is 12.5 Å². The van der Waals surface area contributed by atoms with Gasteiger partial charge in [-0.3, -0.25) is 0 Å². The van der Waals surface area contributed by atoms with Gasteiger partial charge in [0.1, 0.15) is 6.04 Å². The van der Waals surface area contributed by atoms with E-state index in [0.29, 0.717) is 19.6 Å². The molecule has 3 rings (SSSR count). The molecule has 17 heavy (non-hydrogen) atoms.